The van der Waals surface area contributed by atoms with Crippen molar-refractivity contribution < 1.29 is 4.79 Å². The molecule has 0 bridgehead atoms. The second kappa shape index (κ2) is 8.28. The van der Waals surface area contributed by atoms with Crippen molar-refractivity contribution in [1.29, 1.82) is 0 Å². The number of carbonyl (C=O) groups is 1. The lowest BCUT2D eigenvalue weighted by atomic mass is 9.95. The SMILES string of the molecule is CCCCCCCC(CC)C(C)=O. The number of ketones is 1. The lowest BCUT2D eigenvalue weighted by molar-refractivity contribution is -0.121. The Kier molecular flexibility index (Phi) is 8.07. The minimum Gasteiger partial charge on any atom is -0.300 e. The Morgan fingerprint density at radius 3 is 2.15 bits per heavy atom. The van der Waals surface area contributed by atoms with Crippen molar-refractivity contribution in [3.05, 3.63) is 0 Å². The number of hydrogen-bond acceptors (Lipinski definition) is 1. The zero-order valence-electron chi connectivity index (χ0n) is 9.44. The smallest absolute Gasteiger partial charge is 0.132 e. The molecule has 0 spiro atoms. The van der Waals surface area contributed by atoms with Gasteiger partial charge in [-0.3, -0.25) is 4.79 Å². The molecule has 0 saturated carbocycles. The standard InChI is InChI=1S/C12H24O/c1-4-6-7-8-9-10-12(5-2)11(3)13/h12H,4-10H2,1-3H3. The van der Waals surface area contributed by atoms with Crippen LogP contribution in [0.4, 0.5) is 0 Å². The molecule has 0 fully saturated rings. The molecule has 1 nitrogen and oxygen atoms in total. The zero-order chi connectivity index (χ0) is 10.1. The highest BCUT2D eigenvalue weighted by Crippen LogP contribution is 2.15. The average Bonchev–Trinajstić information content (AvgIpc) is 2.10. The van der Waals surface area contributed by atoms with Gasteiger partial charge >= 0.3 is 0 Å². The van der Waals surface area contributed by atoms with E-state index in [9.17, 15) is 4.79 Å². The Hall–Kier alpha value is -0.330. The van der Waals surface area contributed by atoms with Crippen LogP contribution in [0.15, 0.2) is 0 Å². The molecule has 0 aliphatic carbocycles. The maximum Gasteiger partial charge on any atom is 0.132 e. The summed E-state index contributed by atoms with van der Waals surface area (Å²) in [4.78, 5) is 11.1. The molecule has 0 aromatic rings. The largest absolute Gasteiger partial charge is 0.300 e. The number of Topliss-reactive ketones (excluding diaryl/α,β-unsaturated/α-hetero) is 1. The molecule has 1 unspecified atom stereocenters. The van der Waals surface area contributed by atoms with E-state index in [2.05, 4.69) is 13.8 Å². The van der Waals surface area contributed by atoms with Gasteiger partial charge in [-0.2, -0.15) is 0 Å². The summed E-state index contributed by atoms with van der Waals surface area (Å²) in [7, 11) is 0. The quantitative estimate of drug-likeness (QED) is 0.522. The number of hydrogen-bond donors (Lipinski definition) is 0. The molecule has 1 atom stereocenters. The van der Waals surface area contributed by atoms with Crippen molar-refractivity contribution in [2.45, 2.75) is 65.7 Å². The maximum absolute atomic E-state index is 11.1. The van der Waals surface area contributed by atoms with Gasteiger partial charge in [0, 0.05) is 5.92 Å². The molecule has 0 amide bonds. The van der Waals surface area contributed by atoms with Gasteiger partial charge in [0.25, 0.3) is 0 Å². The molecule has 78 valence electrons. The highest BCUT2D eigenvalue weighted by molar-refractivity contribution is 5.78. The molecule has 0 aliphatic rings. The predicted octanol–water partition coefficient (Wildman–Crippen LogP) is 3.96. The third kappa shape index (κ3) is 6.80. The molecule has 0 rings (SSSR count). The second-order valence-electron chi connectivity index (χ2n) is 3.92. The number of rotatable bonds is 8. The first-order valence-electron chi connectivity index (χ1n) is 5.72. The normalized spacial score (nSPS) is 12.8. The van der Waals surface area contributed by atoms with E-state index in [1.165, 1.54) is 32.1 Å². The lowest BCUT2D eigenvalue weighted by Crippen LogP contribution is -2.09. The summed E-state index contributed by atoms with van der Waals surface area (Å²) in [5.74, 6) is 0.708. The molecule has 0 aromatic carbocycles. The van der Waals surface area contributed by atoms with Crippen LogP contribution in [0, 0.1) is 5.92 Å². The molecule has 0 radical (unpaired) electrons. The average molecular weight is 184 g/mol. The molecule has 0 saturated heterocycles. The summed E-state index contributed by atoms with van der Waals surface area (Å²) in [6.07, 6.45) is 8.64. The van der Waals surface area contributed by atoms with Gasteiger partial charge in [-0.15, -0.1) is 0 Å². The molecular formula is C12H24O. The first kappa shape index (κ1) is 12.7. The van der Waals surface area contributed by atoms with E-state index < -0.39 is 0 Å². The van der Waals surface area contributed by atoms with Crippen molar-refractivity contribution in [2.24, 2.45) is 5.92 Å². The molecule has 0 heterocycles. The fourth-order valence-electron chi connectivity index (χ4n) is 1.69. The molecule has 1 heteroatoms. The van der Waals surface area contributed by atoms with E-state index in [1.807, 2.05) is 0 Å². The van der Waals surface area contributed by atoms with E-state index in [0.717, 1.165) is 12.8 Å². The minimum atomic E-state index is 0.335. The Balaban J connectivity index is 3.33. The van der Waals surface area contributed by atoms with E-state index in [1.54, 1.807) is 6.92 Å². The van der Waals surface area contributed by atoms with Crippen LogP contribution in [0.2, 0.25) is 0 Å². The van der Waals surface area contributed by atoms with Gasteiger partial charge in [-0.05, 0) is 19.8 Å². The van der Waals surface area contributed by atoms with Gasteiger partial charge in [0.1, 0.15) is 5.78 Å². The topological polar surface area (TPSA) is 17.1 Å². The number of unbranched alkanes of at least 4 members (excludes halogenated alkanes) is 4. The first-order valence-corrected chi connectivity index (χ1v) is 5.72. The van der Waals surface area contributed by atoms with E-state index in [-0.39, 0.29) is 0 Å². The van der Waals surface area contributed by atoms with Crippen molar-refractivity contribution >= 4 is 5.78 Å². The van der Waals surface area contributed by atoms with E-state index in [4.69, 9.17) is 0 Å². The Morgan fingerprint density at radius 2 is 1.69 bits per heavy atom. The third-order valence-electron chi connectivity index (χ3n) is 2.72. The summed E-state index contributed by atoms with van der Waals surface area (Å²) in [6, 6.07) is 0. The monoisotopic (exact) mass is 184 g/mol. The zero-order valence-corrected chi connectivity index (χ0v) is 9.44. The van der Waals surface area contributed by atoms with Crippen LogP contribution in [0.1, 0.15) is 65.7 Å². The van der Waals surface area contributed by atoms with Crippen molar-refractivity contribution in [2.75, 3.05) is 0 Å². The molecular weight excluding hydrogens is 160 g/mol. The van der Waals surface area contributed by atoms with Gasteiger partial charge in [0.15, 0.2) is 0 Å². The van der Waals surface area contributed by atoms with Crippen LogP contribution in [0.25, 0.3) is 0 Å². The fourth-order valence-corrected chi connectivity index (χ4v) is 1.69. The van der Waals surface area contributed by atoms with Gasteiger partial charge in [0.2, 0.25) is 0 Å². The van der Waals surface area contributed by atoms with Crippen molar-refractivity contribution in [3.63, 3.8) is 0 Å². The minimum absolute atomic E-state index is 0.335. The maximum atomic E-state index is 11.1. The van der Waals surface area contributed by atoms with Crippen LogP contribution in [0.3, 0.4) is 0 Å². The van der Waals surface area contributed by atoms with Crippen molar-refractivity contribution in [1.82, 2.24) is 0 Å². The highest BCUT2D eigenvalue weighted by Gasteiger charge is 2.10. The van der Waals surface area contributed by atoms with Crippen molar-refractivity contribution in [3.8, 4) is 0 Å². The van der Waals surface area contributed by atoms with E-state index >= 15 is 0 Å². The molecule has 0 aliphatic heterocycles. The van der Waals surface area contributed by atoms with E-state index in [0.29, 0.717) is 11.7 Å². The Labute approximate surface area is 82.9 Å². The first-order chi connectivity index (χ1) is 6.22. The third-order valence-corrected chi connectivity index (χ3v) is 2.72. The Morgan fingerprint density at radius 1 is 1.08 bits per heavy atom. The molecule has 13 heavy (non-hydrogen) atoms. The van der Waals surface area contributed by atoms with Gasteiger partial charge in [-0.1, -0.05) is 46.0 Å². The molecule has 0 aromatic heterocycles. The molecule has 0 N–H and O–H groups in total. The fraction of sp³-hybridized carbons (Fsp3) is 0.917. The van der Waals surface area contributed by atoms with Crippen LogP contribution >= 0.6 is 0 Å². The van der Waals surface area contributed by atoms with Gasteiger partial charge in [-0.25, -0.2) is 0 Å². The van der Waals surface area contributed by atoms with Crippen LogP contribution in [-0.2, 0) is 4.79 Å². The predicted molar refractivity (Wildman–Crippen MR) is 57.8 cm³/mol. The second-order valence-corrected chi connectivity index (χ2v) is 3.92. The summed E-state index contributed by atoms with van der Waals surface area (Å²) >= 11 is 0. The van der Waals surface area contributed by atoms with Crippen LogP contribution in [0.5, 0.6) is 0 Å². The Bertz CT molecular complexity index is 129. The summed E-state index contributed by atoms with van der Waals surface area (Å²) in [6.45, 7) is 6.06. The summed E-state index contributed by atoms with van der Waals surface area (Å²) in [5.41, 5.74) is 0. The summed E-state index contributed by atoms with van der Waals surface area (Å²) < 4.78 is 0. The van der Waals surface area contributed by atoms with Gasteiger partial charge in [0.05, 0.1) is 0 Å². The lowest BCUT2D eigenvalue weighted by Gasteiger charge is -2.09. The van der Waals surface area contributed by atoms with Crippen LogP contribution in [-0.4, -0.2) is 5.78 Å². The van der Waals surface area contributed by atoms with Crippen LogP contribution < -0.4 is 0 Å². The number of carbonyl (C=O) groups excluding carboxylic acids is 1. The van der Waals surface area contributed by atoms with Gasteiger partial charge < -0.3 is 0 Å². The highest BCUT2D eigenvalue weighted by atomic mass is 16.1. The summed E-state index contributed by atoms with van der Waals surface area (Å²) in [5, 5.41) is 0.